The quantitative estimate of drug-likeness (QED) is 0.826. The highest BCUT2D eigenvalue weighted by molar-refractivity contribution is 6.14. The summed E-state index contributed by atoms with van der Waals surface area (Å²) in [5.74, 6) is 1.17. The summed E-state index contributed by atoms with van der Waals surface area (Å²) in [7, 11) is 0. The summed E-state index contributed by atoms with van der Waals surface area (Å²) in [5, 5.41) is 2.91. The molecule has 0 radical (unpaired) electrons. The zero-order chi connectivity index (χ0) is 13.1. The fourth-order valence-corrected chi connectivity index (χ4v) is 2.66. The molecule has 0 unspecified atom stereocenters. The first kappa shape index (κ1) is 12.1. The number of carbonyl (C=O) groups excluding carboxylic acids is 1. The van der Waals surface area contributed by atoms with Crippen LogP contribution in [0.5, 0.6) is 0 Å². The van der Waals surface area contributed by atoms with Gasteiger partial charge in [0.05, 0.1) is 5.69 Å². The Bertz CT molecular complexity index is 528. The number of carbonyl (C=O) groups is 1. The van der Waals surface area contributed by atoms with E-state index in [1.54, 1.807) is 12.3 Å². The number of aliphatic imine (C=N–C) groups is 1. The van der Waals surface area contributed by atoms with Gasteiger partial charge in [-0.05, 0) is 31.1 Å². The molecule has 98 valence electrons. The second-order valence-electron chi connectivity index (χ2n) is 5.07. The molecule has 19 heavy (non-hydrogen) atoms. The van der Waals surface area contributed by atoms with E-state index < -0.39 is 0 Å². The van der Waals surface area contributed by atoms with Crippen LogP contribution in [0.15, 0.2) is 35.1 Å². The first-order chi connectivity index (χ1) is 9.33. The van der Waals surface area contributed by atoms with Crippen LogP contribution >= 0.6 is 0 Å². The van der Waals surface area contributed by atoms with Crippen molar-refractivity contribution in [3.63, 3.8) is 0 Å². The molecule has 0 saturated heterocycles. The molecule has 1 fully saturated rings. The summed E-state index contributed by atoms with van der Waals surface area (Å²) in [6.07, 6.45) is 9.49. The Morgan fingerprint density at radius 2 is 2.05 bits per heavy atom. The van der Waals surface area contributed by atoms with Gasteiger partial charge in [-0.3, -0.25) is 9.78 Å². The molecule has 4 heteroatoms. The van der Waals surface area contributed by atoms with Crippen LogP contribution in [0.1, 0.15) is 37.8 Å². The molecule has 0 aromatic carbocycles. The molecule has 1 N–H and O–H groups in total. The van der Waals surface area contributed by atoms with Crippen molar-refractivity contribution in [3.8, 4) is 0 Å². The Balaban J connectivity index is 1.81. The Morgan fingerprint density at radius 1 is 1.21 bits per heavy atom. The first-order valence-electron chi connectivity index (χ1n) is 6.85. The lowest BCUT2D eigenvalue weighted by Gasteiger charge is -2.20. The van der Waals surface area contributed by atoms with E-state index in [0.29, 0.717) is 11.6 Å². The number of aromatic nitrogens is 1. The van der Waals surface area contributed by atoms with Gasteiger partial charge in [0.15, 0.2) is 0 Å². The van der Waals surface area contributed by atoms with Gasteiger partial charge in [0.2, 0.25) is 0 Å². The van der Waals surface area contributed by atoms with Crippen molar-refractivity contribution in [2.75, 3.05) is 0 Å². The van der Waals surface area contributed by atoms with Gasteiger partial charge < -0.3 is 5.32 Å². The van der Waals surface area contributed by atoms with Crippen molar-refractivity contribution in [3.05, 3.63) is 35.8 Å². The van der Waals surface area contributed by atoms with Crippen LogP contribution in [-0.4, -0.2) is 16.7 Å². The number of amidine groups is 1. The number of pyridine rings is 1. The molecule has 0 atom stereocenters. The Kier molecular flexibility index (Phi) is 3.40. The van der Waals surface area contributed by atoms with Crippen molar-refractivity contribution in [2.24, 2.45) is 10.9 Å². The Morgan fingerprint density at radius 3 is 2.79 bits per heavy atom. The highest BCUT2D eigenvalue weighted by Gasteiger charge is 2.27. The maximum absolute atomic E-state index is 11.9. The second-order valence-corrected chi connectivity index (χ2v) is 5.07. The molecule has 4 nitrogen and oxygen atoms in total. The molecule has 1 aliphatic heterocycles. The summed E-state index contributed by atoms with van der Waals surface area (Å²) >= 11 is 0. The minimum atomic E-state index is -0.105. The minimum absolute atomic E-state index is 0.105. The lowest BCUT2D eigenvalue weighted by Crippen LogP contribution is -2.31. The predicted octanol–water partition coefficient (Wildman–Crippen LogP) is 2.53. The van der Waals surface area contributed by atoms with Crippen LogP contribution in [-0.2, 0) is 4.79 Å². The van der Waals surface area contributed by atoms with E-state index >= 15 is 0 Å². The van der Waals surface area contributed by atoms with Gasteiger partial charge in [-0.1, -0.05) is 25.3 Å². The number of rotatable bonds is 2. The van der Waals surface area contributed by atoms with Gasteiger partial charge in [0, 0.05) is 12.1 Å². The van der Waals surface area contributed by atoms with Crippen molar-refractivity contribution in [1.82, 2.24) is 10.3 Å². The monoisotopic (exact) mass is 255 g/mol. The van der Waals surface area contributed by atoms with Crippen molar-refractivity contribution < 1.29 is 4.79 Å². The van der Waals surface area contributed by atoms with Crippen LogP contribution < -0.4 is 5.32 Å². The highest BCUT2D eigenvalue weighted by atomic mass is 16.2. The molecule has 2 heterocycles. The second kappa shape index (κ2) is 5.34. The topological polar surface area (TPSA) is 54.4 Å². The zero-order valence-electron chi connectivity index (χ0n) is 10.8. The zero-order valence-corrected chi connectivity index (χ0v) is 10.8. The highest BCUT2D eigenvalue weighted by Crippen LogP contribution is 2.26. The fourth-order valence-electron chi connectivity index (χ4n) is 2.66. The number of hydrogen-bond acceptors (Lipinski definition) is 3. The third kappa shape index (κ3) is 2.72. The van der Waals surface area contributed by atoms with Gasteiger partial charge in [0.25, 0.3) is 5.91 Å². The first-order valence-corrected chi connectivity index (χ1v) is 6.85. The van der Waals surface area contributed by atoms with Gasteiger partial charge in [0.1, 0.15) is 11.5 Å². The van der Waals surface area contributed by atoms with E-state index in [2.05, 4.69) is 15.3 Å². The van der Waals surface area contributed by atoms with Crippen LogP contribution in [0.4, 0.5) is 0 Å². The van der Waals surface area contributed by atoms with Gasteiger partial charge >= 0.3 is 0 Å². The number of amides is 1. The molecule has 1 aromatic rings. The molecular weight excluding hydrogens is 238 g/mol. The third-order valence-corrected chi connectivity index (χ3v) is 3.68. The van der Waals surface area contributed by atoms with Gasteiger partial charge in [-0.25, -0.2) is 4.99 Å². The molecule has 1 aliphatic carbocycles. The average molecular weight is 255 g/mol. The van der Waals surface area contributed by atoms with Crippen LogP contribution in [0.2, 0.25) is 0 Å². The minimum Gasteiger partial charge on any atom is -0.308 e. The number of nitrogens with zero attached hydrogens (tertiary/aromatic N) is 2. The molecule has 0 spiro atoms. The molecule has 3 rings (SSSR count). The molecular formula is C15H17N3O. The number of nitrogens with one attached hydrogen (secondary N) is 1. The lowest BCUT2D eigenvalue weighted by atomic mass is 9.88. The van der Waals surface area contributed by atoms with E-state index in [1.165, 1.54) is 19.3 Å². The number of hydrogen-bond donors (Lipinski definition) is 1. The van der Waals surface area contributed by atoms with Crippen molar-refractivity contribution >= 4 is 17.8 Å². The van der Waals surface area contributed by atoms with Gasteiger partial charge in [-0.2, -0.15) is 0 Å². The summed E-state index contributed by atoms with van der Waals surface area (Å²) in [6.45, 7) is 0. The molecule has 1 amide bonds. The van der Waals surface area contributed by atoms with Crippen molar-refractivity contribution in [2.45, 2.75) is 32.1 Å². The third-order valence-electron chi connectivity index (χ3n) is 3.68. The van der Waals surface area contributed by atoms with Crippen LogP contribution in [0.25, 0.3) is 6.08 Å². The van der Waals surface area contributed by atoms with E-state index in [0.717, 1.165) is 24.4 Å². The van der Waals surface area contributed by atoms with Gasteiger partial charge in [-0.15, -0.1) is 0 Å². The normalized spacial score (nSPS) is 22.4. The van der Waals surface area contributed by atoms with E-state index in [-0.39, 0.29) is 5.91 Å². The Labute approximate surface area is 112 Å². The van der Waals surface area contributed by atoms with E-state index in [9.17, 15) is 4.79 Å². The predicted molar refractivity (Wildman–Crippen MR) is 74.4 cm³/mol. The summed E-state index contributed by atoms with van der Waals surface area (Å²) in [5.41, 5.74) is 1.24. The standard InChI is InChI=1S/C15H17N3O/c19-15-13(10-12-8-4-5-9-16-12)17-14(18-15)11-6-2-1-3-7-11/h4-5,8-11H,1-3,6-7H2,(H,17,18,19)/b13-10+. The van der Waals surface area contributed by atoms with Crippen LogP contribution in [0.3, 0.4) is 0 Å². The van der Waals surface area contributed by atoms with E-state index in [4.69, 9.17) is 0 Å². The SMILES string of the molecule is O=C1NC(C2CCCCC2)=N/C1=C/c1ccccn1. The maximum Gasteiger partial charge on any atom is 0.275 e. The summed E-state index contributed by atoms with van der Waals surface area (Å²) < 4.78 is 0. The maximum atomic E-state index is 11.9. The smallest absolute Gasteiger partial charge is 0.275 e. The van der Waals surface area contributed by atoms with Crippen molar-refractivity contribution in [1.29, 1.82) is 0 Å². The lowest BCUT2D eigenvalue weighted by molar-refractivity contribution is -0.115. The summed E-state index contributed by atoms with van der Waals surface area (Å²) in [4.78, 5) is 20.6. The summed E-state index contributed by atoms with van der Waals surface area (Å²) in [6, 6.07) is 5.62. The Hall–Kier alpha value is -1.97. The molecule has 0 bridgehead atoms. The largest absolute Gasteiger partial charge is 0.308 e. The van der Waals surface area contributed by atoms with Crippen LogP contribution in [0, 0.1) is 5.92 Å². The average Bonchev–Trinajstić information content (AvgIpc) is 2.82. The molecule has 2 aliphatic rings. The molecule has 1 saturated carbocycles. The molecule has 1 aromatic heterocycles. The van der Waals surface area contributed by atoms with E-state index in [1.807, 2.05) is 18.2 Å². The fraction of sp³-hybridized carbons (Fsp3) is 0.400.